The van der Waals surface area contributed by atoms with E-state index in [4.69, 9.17) is 19.4 Å². The van der Waals surface area contributed by atoms with Gasteiger partial charge in [-0.3, -0.25) is 4.57 Å². The van der Waals surface area contributed by atoms with Crippen LogP contribution < -0.4 is 0 Å². The van der Waals surface area contributed by atoms with Crippen LogP contribution in [-0.4, -0.2) is 19.5 Å². The Morgan fingerprint density at radius 1 is 0.344 bits per heavy atom. The molecule has 0 fully saturated rings. The lowest BCUT2D eigenvalue weighted by molar-refractivity contribution is 0.669. The van der Waals surface area contributed by atoms with Gasteiger partial charge in [-0.1, -0.05) is 196 Å². The van der Waals surface area contributed by atoms with E-state index in [1.165, 1.54) is 10.8 Å². The number of hydrogen-bond acceptors (Lipinski definition) is 4. The zero-order chi connectivity index (χ0) is 42.7. The molecule has 13 aromatic rings. The third-order valence-corrected chi connectivity index (χ3v) is 12.4. The zero-order valence-electron chi connectivity index (χ0n) is 35.3. The smallest absolute Gasteiger partial charge is 0.238 e. The highest BCUT2D eigenvalue weighted by Crippen LogP contribution is 2.43. The predicted octanol–water partition coefficient (Wildman–Crippen LogP) is 16.0. The molecule has 0 saturated heterocycles. The summed E-state index contributed by atoms with van der Waals surface area (Å²) in [4.78, 5) is 16.1. The van der Waals surface area contributed by atoms with Crippen LogP contribution in [0.2, 0.25) is 0 Å². The van der Waals surface area contributed by atoms with Crippen molar-refractivity contribution in [3.05, 3.63) is 206 Å². The fourth-order valence-corrected chi connectivity index (χ4v) is 9.47. The van der Waals surface area contributed by atoms with Gasteiger partial charge >= 0.3 is 0 Å². The summed E-state index contributed by atoms with van der Waals surface area (Å²) in [6.07, 6.45) is 0. The van der Waals surface area contributed by atoms with Crippen LogP contribution in [-0.2, 0) is 0 Å². The first-order chi connectivity index (χ1) is 31.7. The fourth-order valence-electron chi connectivity index (χ4n) is 9.47. The molecule has 0 aliphatic carbocycles. The number of furan rings is 1. The highest BCUT2D eigenvalue weighted by molar-refractivity contribution is 6.22. The molecule has 64 heavy (non-hydrogen) atoms. The van der Waals surface area contributed by atoms with Crippen molar-refractivity contribution in [3.8, 4) is 51.0 Å². The molecule has 0 radical (unpaired) electrons. The second-order valence-corrected chi connectivity index (χ2v) is 16.0. The number of nitrogens with zero attached hydrogens (tertiary/aromatic N) is 4. The van der Waals surface area contributed by atoms with Gasteiger partial charge in [0.25, 0.3) is 0 Å². The fraction of sp³-hybridized carbons (Fsp3) is 0.0339. The van der Waals surface area contributed by atoms with E-state index in [2.05, 4.69) is 205 Å². The third-order valence-electron chi connectivity index (χ3n) is 12.4. The van der Waals surface area contributed by atoms with E-state index in [0.717, 1.165) is 98.7 Å². The first-order valence-electron chi connectivity index (χ1n) is 21.9. The van der Waals surface area contributed by atoms with Crippen LogP contribution in [0.1, 0.15) is 13.8 Å². The Morgan fingerprint density at radius 3 is 1.72 bits per heavy atom. The normalized spacial score (nSPS) is 11.6. The van der Waals surface area contributed by atoms with Gasteiger partial charge in [-0.25, -0.2) is 4.98 Å². The molecule has 0 atom stereocenters. The van der Waals surface area contributed by atoms with E-state index in [1.54, 1.807) is 0 Å². The van der Waals surface area contributed by atoms with Gasteiger partial charge in [0.2, 0.25) is 5.95 Å². The van der Waals surface area contributed by atoms with E-state index in [9.17, 15) is 0 Å². The standard InChI is InChI=1S/C57H34N4O.C2H6/c1-2-11-35(12-3-1)37-21-24-40(25-22-37)55-58-56(43-26-23-36-13-4-5-16-41(36)33-43)60-57(59-55)61-53-45-18-9-7-15-39(45)27-30-48(53)47-20-10-19-46(54(47)61)42-29-31-50-49(34-42)52-44-17-8-6-14-38(44)28-32-51(52)62-50;1-2/h1-34H;1-2H3. The number of benzene rings is 10. The van der Waals surface area contributed by atoms with E-state index in [1.807, 2.05) is 19.9 Å². The third kappa shape index (κ3) is 6.04. The molecule has 0 saturated carbocycles. The van der Waals surface area contributed by atoms with Crippen molar-refractivity contribution >= 4 is 76.1 Å². The van der Waals surface area contributed by atoms with Crippen LogP contribution in [0.15, 0.2) is 211 Å². The summed E-state index contributed by atoms with van der Waals surface area (Å²) in [6.45, 7) is 4.00. The largest absolute Gasteiger partial charge is 0.456 e. The first-order valence-corrected chi connectivity index (χ1v) is 21.9. The maximum absolute atomic E-state index is 6.47. The molecule has 0 aliphatic heterocycles. The Labute approximate surface area is 369 Å². The Hall–Kier alpha value is -8.41. The Bertz CT molecular complexity index is 3920. The molecule has 3 aromatic heterocycles. The minimum atomic E-state index is 0.551. The molecule has 0 amide bonds. The van der Waals surface area contributed by atoms with E-state index in [-0.39, 0.29) is 0 Å². The van der Waals surface area contributed by atoms with Gasteiger partial charge in [0.15, 0.2) is 11.6 Å². The molecule has 5 heteroatoms. The molecule has 0 unspecified atom stereocenters. The van der Waals surface area contributed by atoms with E-state index < -0.39 is 0 Å². The molecular weight excluding hydrogens is 781 g/mol. The van der Waals surface area contributed by atoms with Crippen LogP contribution in [0.5, 0.6) is 0 Å². The lowest BCUT2D eigenvalue weighted by Gasteiger charge is -2.14. The summed E-state index contributed by atoms with van der Waals surface area (Å²) in [6, 6.07) is 72.8. The van der Waals surface area contributed by atoms with Crippen LogP contribution in [0.25, 0.3) is 127 Å². The van der Waals surface area contributed by atoms with Crippen molar-refractivity contribution in [1.82, 2.24) is 19.5 Å². The Balaban J connectivity index is 0.00000214. The monoisotopic (exact) mass is 820 g/mol. The molecular formula is C59H40N4O. The molecule has 13 rings (SSSR count). The van der Waals surface area contributed by atoms with Crippen LogP contribution in [0.3, 0.4) is 0 Å². The number of aromatic nitrogens is 4. The van der Waals surface area contributed by atoms with Gasteiger partial charge in [0, 0.05) is 43.6 Å². The number of para-hydroxylation sites is 1. The number of hydrogen-bond donors (Lipinski definition) is 0. The highest BCUT2D eigenvalue weighted by atomic mass is 16.3. The van der Waals surface area contributed by atoms with E-state index in [0.29, 0.717) is 17.6 Å². The quantitative estimate of drug-likeness (QED) is 0.174. The molecule has 0 spiro atoms. The van der Waals surface area contributed by atoms with Gasteiger partial charge in [0.1, 0.15) is 11.2 Å². The second-order valence-electron chi connectivity index (χ2n) is 16.0. The zero-order valence-corrected chi connectivity index (χ0v) is 35.3. The molecule has 5 nitrogen and oxygen atoms in total. The Morgan fingerprint density at radius 2 is 0.906 bits per heavy atom. The molecule has 0 aliphatic rings. The maximum Gasteiger partial charge on any atom is 0.238 e. The van der Waals surface area contributed by atoms with Crippen LogP contribution >= 0.6 is 0 Å². The molecule has 10 aromatic carbocycles. The summed E-state index contributed by atoms with van der Waals surface area (Å²) in [5.41, 5.74) is 10.1. The summed E-state index contributed by atoms with van der Waals surface area (Å²) >= 11 is 0. The van der Waals surface area contributed by atoms with Crippen molar-refractivity contribution in [1.29, 1.82) is 0 Å². The average Bonchev–Trinajstić information content (AvgIpc) is 3.93. The van der Waals surface area contributed by atoms with Gasteiger partial charge in [-0.05, 0) is 67.9 Å². The topological polar surface area (TPSA) is 56.7 Å². The number of rotatable bonds is 5. The van der Waals surface area contributed by atoms with Gasteiger partial charge in [-0.15, -0.1) is 0 Å². The summed E-state index contributed by atoms with van der Waals surface area (Å²) < 4.78 is 8.75. The summed E-state index contributed by atoms with van der Waals surface area (Å²) in [5.74, 6) is 1.76. The van der Waals surface area contributed by atoms with Gasteiger partial charge in [-0.2, -0.15) is 9.97 Å². The van der Waals surface area contributed by atoms with Crippen LogP contribution in [0.4, 0.5) is 0 Å². The van der Waals surface area contributed by atoms with Crippen molar-refractivity contribution in [3.63, 3.8) is 0 Å². The minimum Gasteiger partial charge on any atom is -0.456 e. The first kappa shape index (κ1) is 37.4. The maximum atomic E-state index is 6.47. The van der Waals surface area contributed by atoms with Crippen LogP contribution in [0, 0.1) is 0 Å². The second kappa shape index (κ2) is 15.2. The lowest BCUT2D eigenvalue weighted by Crippen LogP contribution is -2.07. The molecule has 3 heterocycles. The predicted molar refractivity (Wildman–Crippen MR) is 267 cm³/mol. The summed E-state index contributed by atoms with van der Waals surface area (Å²) in [5, 5.41) is 11.4. The van der Waals surface area contributed by atoms with Crippen molar-refractivity contribution in [2.24, 2.45) is 0 Å². The molecule has 0 N–H and O–H groups in total. The minimum absolute atomic E-state index is 0.551. The molecule has 0 bridgehead atoms. The van der Waals surface area contributed by atoms with E-state index >= 15 is 0 Å². The highest BCUT2D eigenvalue weighted by Gasteiger charge is 2.23. The Kier molecular flexibility index (Phi) is 8.87. The molecule has 302 valence electrons. The SMILES string of the molecule is CC.c1ccc(-c2ccc(-c3nc(-c4ccc5ccccc5c4)nc(-n4c5c(-c6ccc7oc8ccc9ccccc9c8c7c6)cccc5c5ccc6ccccc6c54)n3)cc2)cc1. The van der Waals surface area contributed by atoms with Crippen molar-refractivity contribution in [2.75, 3.05) is 0 Å². The van der Waals surface area contributed by atoms with Crippen molar-refractivity contribution in [2.45, 2.75) is 13.8 Å². The van der Waals surface area contributed by atoms with Gasteiger partial charge in [0.05, 0.1) is 11.0 Å². The van der Waals surface area contributed by atoms with Gasteiger partial charge < -0.3 is 4.42 Å². The van der Waals surface area contributed by atoms with Crippen molar-refractivity contribution < 1.29 is 4.42 Å². The lowest BCUT2D eigenvalue weighted by atomic mass is 9.98. The summed E-state index contributed by atoms with van der Waals surface area (Å²) in [7, 11) is 0. The average molecular weight is 821 g/mol. The number of fused-ring (bicyclic) bond motifs is 11.